The van der Waals surface area contributed by atoms with Gasteiger partial charge in [-0.15, -0.1) is 0 Å². The highest BCUT2D eigenvalue weighted by Gasteiger charge is 2.27. The summed E-state index contributed by atoms with van der Waals surface area (Å²) in [5, 5.41) is 0. The minimum Gasteiger partial charge on any atom is -0.379 e. The maximum absolute atomic E-state index is 12.1. The van der Waals surface area contributed by atoms with Crippen molar-refractivity contribution in [2.24, 2.45) is 0 Å². The van der Waals surface area contributed by atoms with Gasteiger partial charge in [0.25, 0.3) is 0 Å². The molecular weight excluding hydrogens is 284 g/mol. The molecule has 1 amide bonds. The molecule has 0 aliphatic carbocycles. The fourth-order valence-corrected chi connectivity index (χ4v) is 3.77. The van der Waals surface area contributed by atoms with Crippen molar-refractivity contribution in [3.8, 4) is 0 Å². The SMILES string of the molecule is CC1CN(C(=O)CCS(=O)(=O)N2CCOCC2)CCO1. The Hall–Kier alpha value is -0.700. The first-order valence-electron chi connectivity index (χ1n) is 6.94. The van der Waals surface area contributed by atoms with Crippen molar-refractivity contribution >= 4 is 15.9 Å². The molecule has 2 fully saturated rings. The molecule has 7 nitrogen and oxygen atoms in total. The summed E-state index contributed by atoms with van der Waals surface area (Å²) >= 11 is 0. The molecule has 0 aromatic carbocycles. The zero-order valence-corrected chi connectivity index (χ0v) is 12.6. The van der Waals surface area contributed by atoms with Gasteiger partial charge in [-0.3, -0.25) is 4.79 Å². The Balaban J connectivity index is 1.82. The predicted molar refractivity (Wildman–Crippen MR) is 72.8 cm³/mol. The zero-order valence-electron chi connectivity index (χ0n) is 11.8. The smallest absolute Gasteiger partial charge is 0.223 e. The van der Waals surface area contributed by atoms with Crippen LogP contribution in [0.25, 0.3) is 0 Å². The van der Waals surface area contributed by atoms with Gasteiger partial charge in [0.2, 0.25) is 15.9 Å². The number of sulfonamides is 1. The fourth-order valence-electron chi connectivity index (χ4n) is 2.37. The largest absolute Gasteiger partial charge is 0.379 e. The molecule has 0 radical (unpaired) electrons. The van der Waals surface area contributed by atoms with E-state index in [-0.39, 0.29) is 24.2 Å². The molecule has 0 aromatic heterocycles. The molecule has 2 heterocycles. The van der Waals surface area contributed by atoms with Crippen molar-refractivity contribution in [1.82, 2.24) is 9.21 Å². The van der Waals surface area contributed by atoms with E-state index in [0.29, 0.717) is 46.0 Å². The van der Waals surface area contributed by atoms with Crippen molar-refractivity contribution in [3.63, 3.8) is 0 Å². The van der Waals surface area contributed by atoms with Gasteiger partial charge >= 0.3 is 0 Å². The van der Waals surface area contributed by atoms with E-state index >= 15 is 0 Å². The van der Waals surface area contributed by atoms with Crippen LogP contribution >= 0.6 is 0 Å². The molecule has 0 aromatic rings. The zero-order chi connectivity index (χ0) is 14.6. The van der Waals surface area contributed by atoms with Crippen LogP contribution in [0.5, 0.6) is 0 Å². The van der Waals surface area contributed by atoms with E-state index in [9.17, 15) is 13.2 Å². The van der Waals surface area contributed by atoms with Crippen LogP contribution in [0.3, 0.4) is 0 Å². The summed E-state index contributed by atoms with van der Waals surface area (Å²) in [6.45, 7) is 5.11. The number of ether oxygens (including phenoxy) is 2. The van der Waals surface area contributed by atoms with Gasteiger partial charge in [-0.05, 0) is 6.92 Å². The molecule has 2 saturated heterocycles. The van der Waals surface area contributed by atoms with Crippen LogP contribution in [-0.2, 0) is 24.3 Å². The predicted octanol–water partition coefficient (Wildman–Crippen LogP) is -0.714. The monoisotopic (exact) mass is 306 g/mol. The van der Waals surface area contributed by atoms with E-state index in [1.807, 2.05) is 6.92 Å². The van der Waals surface area contributed by atoms with Crippen molar-refractivity contribution in [1.29, 1.82) is 0 Å². The van der Waals surface area contributed by atoms with Gasteiger partial charge < -0.3 is 14.4 Å². The standard InChI is InChI=1S/C12H22N2O5S/c1-11-10-13(3-8-19-11)12(15)2-9-20(16,17)14-4-6-18-7-5-14/h11H,2-10H2,1H3. The number of amides is 1. The molecule has 0 N–H and O–H groups in total. The minimum atomic E-state index is -3.36. The number of hydrogen-bond acceptors (Lipinski definition) is 5. The Morgan fingerprint density at radius 1 is 1.20 bits per heavy atom. The fraction of sp³-hybridized carbons (Fsp3) is 0.917. The molecule has 0 spiro atoms. The van der Waals surface area contributed by atoms with Gasteiger partial charge in [0.15, 0.2) is 0 Å². The normalized spacial score (nSPS) is 25.6. The first-order chi connectivity index (χ1) is 9.49. The molecule has 1 unspecified atom stereocenters. The molecule has 2 rings (SSSR count). The lowest BCUT2D eigenvalue weighted by Gasteiger charge is -2.31. The van der Waals surface area contributed by atoms with E-state index in [0.717, 1.165) is 0 Å². The highest BCUT2D eigenvalue weighted by Crippen LogP contribution is 2.10. The van der Waals surface area contributed by atoms with E-state index in [1.165, 1.54) is 4.31 Å². The van der Waals surface area contributed by atoms with Crippen LogP contribution in [0.4, 0.5) is 0 Å². The van der Waals surface area contributed by atoms with Crippen molar-refractivity contribution in [3.05, 3.63) is 0 Å². The van der Waals surface area contributed by atoms with E-state index in [1.54, 1.807) is 4.90 Å². The van der Waals surface area contributed by atoms with Gasteiger partial charge in [-0.2, -0.15) is 4.31 Å². The molecule has 1 atom stereocenters. The van der Waals surface area contributed by atoms with Crippen LogP contribution in [0.2, 0.25) is 0 Å². The molecule has 2 aliphatic rings. The Morgan fingerprint density at radius 2 is 1.90 bits per heavy atom. The van der Waals surface area contributed by atoms with Crippen molar-refractivity contribution in [2.75, 3.05) is 51.8 Å². The lowest BCUT2D eigenvalue weighted by atomic mass is 10.3. The highest BCUT2D eigenvalue weighted by atomic mass is 32.2. The van der Waals surface area contributed by atoms with Crippen LogP contribution in [-0.4, -0.2) is 81.4 Å². The van der Waals surface area contributed by atoms with Crippen LogP contribution in [0.1, 0.15) is 13.3 Å². The third-order valence-corrected chi connectivity index (χ3v) is 5.40. The maximum Gasteiger partial charge on any atom is 0.223 e. The first kappa shape index (κ1) is 15.7. The molecule has 20 heavy (non-hydrogen) atoms. The van der Waals surface area contributed by atoms with Gasteiger partial charge in [0.1, 0.15) is 0 Å². The average Bonchev–Trinajstić information content (AvgIpc) is 2.46. The third-order valence-electron chi connectivity index (χ3n) is 3.53. The summed E-state index contributed by atoms with van der Waals surface area (Å²) in [6, 6.07) is 0. The highest BCUT2D eigenvalue weighted by molar-refractivity contribution is 7.89. The number of carbonyl (C=O) groups excluding carboxylic acids is 1. The summed E-state index contributed by atoms with van der Waals surface area (Å²) in [7, 11) is -3.36. The second kappa shape index (κ2) is 6.84. The van der Waals surface area contributed by atoms with Crippen LogP contribution in [0, 0.1) is 0 Å². The number of hydrogen-bond donors (Lipinski definition) is 0. The van der Waals surface area contributed by atoms with E-state index < -0.39 is 10.0 Å². The molecule has 116 valence electrons. The van der Waals surface area contributed by atoms with Crippen molar-refractivity contribution < 1.29 is 22.7 Å². The van der Waals surface area contributed by atoms with Crippen LogP contribution < -0.4 is 0 Å². The number of rotatable bonds is 4. The lowest BCUT2D eigenvalue weighted by molar-refractivity contribution is -0.137. The molecule has 2 aliphatic heterocycles. The quantitative estimate of drug-likeness (QED) is 0.685. The third kappa shape index (κ3) is 4.15. The second-order valence-electron chi connectivity index (χ2n) is 5.10. The van der Waals surface area contributed by atoms with Gasteiger partial charge in [0.05, 0.1) is 31.7 Å². The lowest BCUT2D eigenvalue weighted by Crippen LogP contribution is -2.46. The second-order valence-corrected chi connectivity index (χ2v) is 7.19. The summed E-state index contributed by atoms with van der Waals surface area (Å²) in [5.41, 5.74) is 0. The van der Waals surface area contributed by atoms with Gasteiger partial charge in [-0.1, -0.05) is 0 Å². The number of morpholine rings is 2. The van der Waals surface area contributed by atoms with Crippen LogP contribution in [0.15, 0.2) is 0 Å². The topological polar surface area (TPSA) is 76.2 Å². The summed E-state index contributed by atoms with van der Waals surface area (Å²) in [6.07, 6.45) is 0.0513. The van der Waals surface area contributed by atoms with Gasteiger partial charge in [-0.25, -0.2) is 8.42 Å². The first-order valence-corrected chi connectivity index (χ1v) is 8.55. The molecule has 0 bridgehead atoms. The van der Waals surface area contributed by atoms with E-state index in [4.69, 9.17) is 9.47 Å². The summed E-state index contributed by atoms with van der Waals surface area (Å²) < 4.78 is 36.1. The van der Waals surface area contributed by atoms with E-state index in [2.05, 4.69) is 0 Å². The minimum absolute atomic E-state index is 0.0172. The van der Waals surface area contributed by atoms with Crippen molar-refractivity contribution in [2.45, 2.75) is 19.4 Å². The molecule has 8 heteroatoms. The van der Waals surface area contributed by atoms with Gasteiger partial charge in [0, 0.05) is 32.6 Å². The molecule has 0 saturated carbocycles. The Bertz CT molecular complexity index is 433. The number of carbonyl (C=O) groups is 1. The number of nitrogens with zero attached hydrogens (tertiary/aromatic N) is 2. The molecular formula is C12H22N2O5S. The summed E-state index contributed by atoms with van der Waals surface area (Å²) in [5.74, 6) is -0.241. The Labute approximate surface area is 119 Å². The average molecular weight is 306 g/mol. The Kier molecular flexibility index (Phi) is 5.36. The Morgan fingerprint density at radius 3 is 2.55 bits per heavy atom. The summed E-state index contributed by atoms with van der Waals surface area (Å²) in [4.78, 5) is 13.7. The maximum atomic E-state index is 12.1.